The van der Waals surface area contributed by atoms with E-state index in [-0.39, 0.29) is 11.4 Å². The molecule has 7 heteroatoms. The molecule has 116 valence electrons. The van der Waals surface area contributed by atoms with Gasteiger partial charge in [0, 0.05) is 23.5 Å². The highest BCUT2D eigenvalue weighted by Crippen LogP contribution is 2.33. The summed E-state index contributed by atoms with van der Waals surface area (Å²) in [6.07, 6.45) is 6.54. The second kappa shape index (κ2) is 7.26. The minimum Gasteiger partial charge on any atom is -0.499 e. The van der Waals surface area contributed by atoms with Gasteiger partial charge in [-0.3, -0.25) is 15.1 Å². The van der Waals surface area contributed by atoms with Crippen molar-refractivity contribution in [3.63, 3.8) is 0 Å². The van der Waals surface area contributed by atoms with Gasteiger partial charge in [0.1, 0.15) is 6.26 Å². The summed E-state index contributed by atoms with van der Waals surface area (Å²) in [6, 6.07) is 4.59. The predicted octanol–water partition coefficient (Wildman–Crippen LogP) is 2.63. The number of benzene rings is 1. The molecule has 0 atom stereocenters. The van der Waals surface area contributed by atoms with Gasteiger partial charge >= 0.3 is 5.69 Å². The molecule has 0 aromatic heterocycles. The van der Waals surface area contributed by atoms with Crippen LogP contribution in [0.15, 0.2) is 41.2 Å². The molecule has 2 N–H and O–H groups in total. The Kier molecular flexibility index (Phi) is 5.13. The molecule has 1 heterocycles. The van der Waals surface area contributed by atoms with E-state index in [1.807, 2.05) is 0 Å². The number of rotatable bonds is 5. The van der Waals surface area contributed by atoms with Crippen LogP contribution in [0.4, 0.5) is 5.69 Å². The van der Waals surface area contributed by atoms with E-state index < -0.39 is 4.92 Å². The summed E-state index contributed by atoms with van der Waals surface area (Å²) in [6.45, 7) is 0.710. The van der Waals surface area contributed by atoms with Gasteiger partial charge in [0.2, 0.25) is 5.75 Å². The maximum absolute atomic E-state index is 11.0. The van der Waals surface area contributed by atoms with E-state index in [1.54, 1.807) is 30.7 Å². The fourth-order valence-electron chi connectivity index (χ4n) is 2.06. The summed E-state index contributed by atoms with van der Waals surface area (Å²) in [7, 11) is 1.37. The molecule has 1 aromatic rings. The van der Waals surface area contributed by atoms with Crippen molar-refractivity contribution in [3.05, 3.63) is 51.9 Å². The second-order valence-corrected chi connectivity index (χ2v) is 4.60. The third-order valence-electron chi connectivity index (χ3n) is 3.12. The van der Waals surface area contributed by atoms with Gasteiger partial charge in [0.05, 0.1) is 24.3 Å². The average molecular weight is 303 g/mol. The lowest BCUT2D eigenvalue weighted by Gasteiger charge is -2.09. The number of nitrogens with zero attached hydrogens (tertiary/aromatic N) is 2. The van der Waals surface area contributed by atoms with Crippen molar-refractivity contribution < 1.29 is 14.4 Å². The molecular weight excluding hydrogens is 286 g/mol. The Hall–Kier alpha value is -2.83. The van der Waals surface area contributed by atoms with Crippen molar-refractivity contribution in [2.24, 2.45) is 10.7 Å². The van der Waals surface area contributed by atoms with Crippen LogP contribution in [0.5, 0.6) is 5.75 Å². The summed E-state index contributed by atoms with van der Waals surface area (Å²) in [5.74, 6) is 0.134. The van der Waals surface area contributed by atoms with Crippen molar-refractivity contribution in [1.29, 1.82) is 0 Å². The molecule has 0 fully saturated rings. The summed E-state index contributed by atoms with van der Waals surface area (Å²) >= 11 is 0. The molecule has 0 amide bonds. The Morgan fingerprint density at radius 3 is 3.00 bits per heavy atom. The van der Waals surface area contributed by atoms with Gasteiger partial charge in [0.25, 0.3) is 0 Å². The standard InChI is InChI=1S/C15H17N3O4/c1-21-15-12(5-2-6-14(15)18(19)20)13(16)7-8-17-11-4-3-9-22-10-11/h2,5-8,10H,3-4,9,16H2,1H3/b13-7-,17-8?. The van der Waals surface area contributed by atoms with E-state index in [2.05, 4.69) is 4.99 Å². The molecule has 0 spiro atoms. The summed E-state index contributed by atoms with van der Waals surface area (Å²) in [4.78, 5) is 14.7. The molecule has 2 rings (SSSR count). The van der Waals surface area contributed by atoms with E-state index >= 15 is 0 Å². The number of para-hydroxylation sites is 1. The molecule has 7 nitrogen and oxygen atoms in total. The third kappa shape index (κ3) is 3.63. The Balaban J connectivity index is 2.25. The Labute approximate surface area is 127 Å². The van der Waals surface area contributed by atoms with Gasteiger partial charge in [-0.25, -0.2) is 0 Å². The van der Waals surface area contributed by atoms with Crippen molar-refractivity contribution in [2.45, 2.75) is 12.8 Å². The van der Waals surface area contributed by atoms with Crippen LogP contribution < -0.4 is 10.5 Å². The Morgan fingerprint density at radius 1 is 1.55 bits per heavy atom. The molecule has 0 aliphatic carbocycles. The predicted molar refractivity (Wildman–Crippen MR) is 83.6 cm³/mol. The van der Waals surface area contributed by atoms with Gasteiger partial charge in [-0.1, -0.05) is 6.07 Å². The lowest BCUT2D eigenvalue weighted by atomic mass is 10.1. The molecule has 0 saturated carbocycles. The molecule has 0 bridgehead atoms. The number of aliphatic imine (C=N–C) groups is 1. The van der Waals surface area contributed by atoms with Crippen LogP contribution in [0.1, 0.15) is 18.4 Å². The molecule has 0 saturated heterocycles. The largest absolute Gasteiger partial charge is 0.499 e. The first-order valence-corrected chi connectivity index (χ1v) is 6.75. The second-order valence-electron chi connectivity index (χ2n) is 4.60. The molecule has 1 aliphatic heterocycles. The van der Waals surface area contributed by atoms with E-state index in [4.69, 9.17) is 15.2 Å². The first-order valence-electron chi connectivity index (χ1n) is 6.75. The zero-order valence-electron chi connectivity index (χ0n) is 12.2. The van der Waals surface area contributed by atoms with Crippen LogP contribution in [0, 0.1) is 10.1 Å². The maximum Gasteiger partial charge on any atom is 0.311 e. The van der Waals surface area contributed by atoms with Crippen molar-refractivity contribution >= 4 is 17.6 Å². The van der Waals surface area contributed by atoms with E-state index in [0.29, 0.717) is 17.9 Å². The van der Waals surface area contributed by atoms with E-state index in [1.165, 1.54) is 13.2 Å². The van der Waals surface area contributed by atoms with Crippen LogP contribution >= 0.6 is 0 Å². The topological polar surface area (TPSA) is 100.0 Å². The van der Waals surface area contributed by atoms with E-state index in [9.17, 15) is 10.1 Å². The van der Waals surface area contributed by atoms with E-state index in [0.717, 1.165) is 18.5 Å². The molecular formula is C15H17N3O4. The molecule has 22 heavy (non-hydrogen) atoms. The normalized spacial score (nSPS) is 15.3. The SMILES string of the molecule is COc1c(/C(N)=C/C=NC2=COCCC2)cccc1[N+](=O)[O-]. The van der Waals surface area contributed by atoms with Crippen LogP contribution in [-0.4, -0.2) is 24.9 Å². The first-order chi connectivity index (χ1) is 10.6. The average Bonchev–Trinajstić information content (AvgIpc) is 2.54. The smallest absolute Gasteiger partial charge is 0.311 e. The zero-order valence-corrected chi connectivity index (χ0v) is 12.2. The van der Waals surface area contributed by atoms with Gasteiger partial charge in [-0.05, 0) is 25.0 Å². The van der Waals surface area contributed by atoms with Crippen LogP contribution in [0.25, 0.3) is 5.70 Å². The summed E-state index contributed by atoms with van der Waals surface area (Å²) in [5, 5.41) is 11.0. The van der Waals surface area contributed by atoms with Crippen LogP contribution in [0.3, 0.4) is 0 Å². The van der Waals surface area contributed by atoms with Crippen molar-refractivity contribution in [1.82, 2.24) is 0 Å². The number of nitro groups is 1. The number of methoxy groups -OCH3 is 1. The number of nitro benzene ring substituents is 1. The third-order valence-corrected chi connectivity index (χ3v) is 3.12. The van der Waals surface area contributed by atoms with Gasteiger partial charge < -0.3 is 15.2 Å². The first kappa shape index (κ1) is 15.6. The molecule has 1 aliphatic rings. The fraction of sp³-hybridized carbons (Fsp3) is 0.267. The number of hydrogen-bond donors (Lipinski definition) is 1. The Morgan fingerprint density at radius 2 is 2.36 bits per heavy atom. The highest BCUT2D eigenvalue weighted by atomic mass is 16.6. The summed E-state index contributed by atoms with van der Waals surface area (Å²) in [5.41, 5.74) is 7.47. The number of hydrogen-bond acceptors (Lipinski definition) is 6. The molecule has 1 aromatic carbocycles. The molecule has 0 unspecified atom stereocenters. The van der Waals surface area contributed by atoms with Crippen molar-refractivity contribution in [2.75, 3.05) is 13.7 Å². The van der Waals surface area contributed by atoms with Gasteiger partial charge in [-0.2, -0.15) is 0 Å². The lowest BCUT2D eigenvalue weighted by Crippen LogP contribution is -2.03. The molecule has 0 radical (unpaired) electrons. The van der Waals surface area contributed by atoms with Crippen LogP contribution in [-0.2, 0) is 4.74 Å². The van der Waals surface area contributed by atoms with Crippen LogP contribution in [0.2, 0.25) is 0 Å². The number of allylic oxidation sites excluding steroid dienone is 2. The minimum absolute atomic E-state index is 0.128. The van der Waals surface area contributed by atoms with Gasteiger partial charge in [-0.15, -0.1) is 0 Å². The fourth-order valence-corrected chi connectivity index (χ4v) is 2.06. The summed E-state index contributed by atoms with van der Waals surface area (Å²) < 4.78 is 10.3. The monoisotopic (exact) mass is 303 g/mol. The minimum atomic E-state index is -0.506. The van der Waals surface area contributed by atoms with Gasteiger partial charge in [0.15, 0.2) is 0 Å². The lowest BCUT2D eigenvalue weighted by molar-refractivity contribution is -0.385. The highest BCUT2D eigenvalue weighted by Gasteiger charge is 2.19. The number of ether oxygens (including phenoxy) is 2. The Bertz CT molecular complexity index is 650. The zero-order chi connectivity index (χ0) is 15.9. The van der Waals surface area contributed by atoms with Crippen molar-refractivity contribution in [3.8, 4) is 5.75 Å². The highest BCUT2D eigenvalue weighted by molar-refractivity contribution is 5.86. The maximum atomic E-state index is 11.0. The quantitative estimate of drug-likeness (QED) is 0.512. The number of nitrogens with two attached hydrogens (primary N) is 1.